The first-order chi connectivity index (χ1) is 8.20. The zero-order chi connectivity index (χ0) is 12.3. The van der Waals surface area contributed by atoms with Crippen molar-refractivity contribution >= 4 is 10.9 Å². The number of benzene rings is 1. The highest BCUT2D eigenvalue weighted by Gasteiger charge is 2.10. The number of aromatic nitrogens is 1. The third kappa shape index (κ3) is 2.83. The Morgan fingerprint density at radius 2 is 2.12 bits per heavy atom. The van der Waals surface area contributed by atoms with Crippen LogP contribution in [0.15, 0.2) is 36.5 Å². The van der Waals surface area contributed by atoms with Gasteiger partial charge in [0.2, 0.25) is 0 Å². The number of rotatable bonds is 4. The molecule has 0 fully saturated rings. The summed E-state index contributed by atoms with van der Waals surface area (Å²) in [5, 5.41) is 1.17. The summed E-state index contributed by atoms with van der Waals surface area (Å²) in [4.78, 5) is 4.32. The molecule has 2 atom stereocenters. The average Bonchev–Trinajstić information content (AvgIpc) is 2.38. The van der Waals surface area contributed by atoms with Crippen molar-refractivity contribution in [3.8, 4) is 0 Å². The van der Waals surface area contributed by atoms with E-state index in [-0.39, 0.29) is 6.04 Å². The fourth-order valence-corrected chi connectivity index (χ4v) is 2.06. The smallest absolute Gasteiger partial charge is 0.0702 e. The van der Waals surface area contributed by atoms with Gasteiger partial charge < -0.3 is 5.73 Å². The number of pyridine rings is 1. The van der Waals surface area contributed by atoms with Gasteiger partial charge in [0.1, 0.15) is 0 Å². The first-order valence-electron chi connectivity index (χ1n) is 6.31. The van der Waals surface area contributed by atoms with Crippen LogP contribution in [0.1, 0.15) is 38.3 Å². The van der Waals surface area contributed by atoms with Crippen LogP contribution in [0.5, 0.6) is 0 Å². The molecule has 0 saturated carbocycles. The van der Waals surface area contributed by atoms with Crippen molar-refractivity contribution in [3.63, 3.8) is 0 Å². The highest BCUT2D eigenvalue weighted by atomic mass is 14.7. The minimum Gasteiger partial charge on any atom is -0.324 e. The van der Waals surface area contributed by atoms with Crippen LogP contribution in [0.3, 0.4) is 0 Å². The van der Waals surface area contributed by atoms with E-state index in [2.05, 4.69) is 43.1 Å². The predicted octanol–water partition coefficient (Wildman–Crippen LogP) is 3.67. The van der Waals surface area contributed by atoms with Crippen molar-refractivity contribution in [2.24, 2.45) is 11.7 Å². The Kier molecular flexibility index (Phi) is 3.75. The van der Waals surface area contributed by atoms with E-state index in [0.717, 1.165) is 11.9 Å². The van der Waals surface area contributed by atoms with E-state index in [9.17, 15) is 0 Å². The standard InChI is InChI=1S/C15H20N2/c1-3-11(2)9-14(16)12-6-7-15-13(10-12)5-4-8-17-15/h4-8,10-11,14H,3,9,16H2,1-2H3. The lowest BCUT2D eigenvalue weighted by Crippen LogP contribution is -2.13. The van der Waals surface area contributed by atoms with Crippen molar-refractivity contribution in [2.45, 2.75) is 32.7 Å². The van der Waals surface area contributed by atoms with Gasteiger partial charge in [-0.3, -0.25) is 4.98 Å². The van der Waals surface area contributed by atoms with Crippen molar-refractivity contribution in [1.82, 2.24) is 4.98 Å². The molecule has 1 aromatic heterocycles. The monoisotopic (exact) mass is 228 g/mol. The molecule has 2 nitrogen and oxygen atoms in total. The SMILES string of the molecule is CCC(C)CC(N)c1ccc2ncccc2c1. The van der Waals surface area contributed by atoms with Gasteiger partial charge in [-0.1, -0.05) is 32.4 Å². The first-order valence-corrected chi connectivity index (χ1v) is 6.31. The van der Waals surface area contributed by atoms with Crippen LogP contribution in [0.4, 0.5) is 0 Å². The quantitative estimate of drug-likeness (QED) is 0.867. The van der Waals surface area contributed by atoms with Crippen molar-refractivity contribution in [1.29, 1.82) is 0 Å². The number of nitrogens with two attached hydrogens (primary N) is 1. The molecule has 0 radical (unpaired) electrons. The Bertz CT molecular complexity index is 493. The fourth-order valence-electron chi connectivity index (χ4n) is 2.06. The molecule has 2 aromatic rings. The first kappa shape index (κ1) is 12.1. The van der Waals surface area contributed by atoms with Gasteiger partial charge in [0.25, 0.3) is 0 Å². The largest absolute Gasteiger partial charge is 0.324 e. The molecule has 1 heterocycles. The summed E-state index contributed by atoms with van der Waals surface area (Å²) < 4.78 is 0. The number of hydrogen-bond acceptors (Lipinski definition) is 2. The topological polar surface area (TPSA) is 38.9 Å². The minimum absolute atomic E-state index is 0.134. The van der Waals surface area contributed by atoms with Crippen molar-refractivity contribution < 1.29 is 0 Å². The van der Waals surface area contributed by atoms with Gasteiger partial charge >= 0.3 is 0 Å². The summed E-state index contributed by atoms with van der Waals surface area (Å²) in [6.45, 7) is 4.46. The Morgan fingerprint density at radius 3 is 2.88 bits per heavy atom. The maximum atomic E-state index is 6.24. The van der Waals surface area contributed by atoms with Crippen LogP contribution in [0.2, 0.25) is 0 Å². The molecule has 2 heteroatoms. The lowest BCUT2D eigenvalue weighted by atomic mass is 9.94. The summed E-state index contributed by atoms with van der Waals surface area (Å²) in [6, 6.07) is 10.5. The van der Waals surface area contributed by atoms with Crippen LogP contribution in [0.25, 0.3) is 10.9 Å². The lowest BCUT2D eigenvalue weighted by Gasteiger charge is -2.16. The highest BCUT2D eigenvalue weighted by molar-refractivity contribution is 5.79. The van der Waals surface area contributed by atoms with Crippen LogP contribution >= 0.6 is 0 Å². The summed E-state index contributed by atoms with van der Waals surface area (Å²) in [6.07, 6.45) is 4.05. The molecular weight excluding hydrogens is 208 g/mol. The second-order valence-electron chi connectivity index (χ2n) is 4.81. The Hall–Kier alpha value is -1.41. The highest BCUT2D eigenvalue weighted by Crippen LogP contribution is 2.23. The minimum atomic E-state index is 0.134. The molecule has 1 aromatic carbocycles. The molecule has 0 aliphatic carbocycles. The molecule has 2 N–H and O–H groups in total. The average molecular weight is 228 g/mol. The molecule has 2 rings (SSSR count). The van der Waals surface area contributed by atoms with Crippen LogP contribution < -0.4 is 5.73 Å². The maximum Gasteiger partial charge on any atom is 0.0702 e. The van der Waals surface area contributed by atoms with Gasteiger partial charge in [0, 0.05) is 17.6 Å². The predicted molar refractivity (Wildman–Crippen MR) is 72.7 cm³/mol. The van der Waals surface area contributed by atoms with Crippen LogP contribution in [-0.2, 0) is 0 Å². The van der Waals surface area contributed by atoms with E-state index in [1.165, 1.54) is 17.4 Å². The third-order valence-corrected chi connectivity index (χ3v) is 3.41. The molecule has 0 aliphatic rings. The van der Waals surface area contributed by atoms with Crippen molar-refractivity contribution in [2.75, 3.05) is 0 Å². The maximum absolute atomic E-state index is 6.24. The van der Waals surface area contributed by atoms with Gasteiger partial charge in [-0.05, 0) is 36.1 Å². The molecular formula is C15H20N2. The van der Waals surface area contributed by atoms with Gasteiger partial charge in [-0.25, -0.2) is 0 Å². The van der Waals surface area contributed by atoms with Crippen molar-refractivity contribution in [3.05, 3.63) is 42.1 Å². The summed E-state index contributed by atoms with van der Waals surface area (Å²) in [5.74, 6) is 0.676. The van der Waals surface area contributed by atoms with Gasteiger partial charge in [0.15, 0.2) is 0 Å². The molecule has 90 valence electrons. The Balaban J connectivity index is 2.23. The zero-order valence-corrected chi connectivity index (χ0v) is 10.6. The van der Waals surface area contributed by atoms with Crippen LogP contribution in [0, 0.1) is 5.92 Å². The second-order valence-corrected chi connectivity index (χ2v) is 4.81. The van der Waals surface area contributed by atoms with E-state index < -0.39 is 0 Å². The van der Waals surface area contributed by atoms with Gasteiger partial charge in [0.05, 0.1) is 5.52 Å². The van der Waals surface area contributed by atoms with E-state index in [1.54, 1.807) is 0 Å². The van der Waals surface area contributed by atoms with E-state index >= 15 is 0 Å². The molecule has 0 saturated heterocycles. The van der Waals surface area contributed by atoms with Gasteiger partial charge in [-0.15, -0.1) is 0 Å². The summed E-state index contributed by atoms with van der Waals surface area (Å²) in [5.41, 5.74) is 8.49. The molecule has 2 unspecified atom stereocenters. The van der Waals surface area contributed by atoms with Crippen LogP contribution in [-0.4, -0.2) is 4.98 Å². The number of fused-ring (bicyclic) bond motifs is 1. The fraction of sp³-hybridized carbons (Fsp3) is 0.400. The molecule has 0 aliphatic heterocycles. The second kappa shape index (κ2) is 5.28. The zero-order valence-electron chi connectivity index (χ0n) is 10.6. The normalized spacial score (nSPS) is 14.8. The number of hydrogen-bond donors (Lipinski definition) is 1. The van der Waals surface area contributed by atoms with E-state index in [4.69, 9.17) is 5.73 Å². The molecule has 17 heavy (non-hydrogen) atoms. The van der Waals surface area contributed by atoms with Gasteiger partial charge in [-0.2, -0.15) is 0 Å². The van der Waals surface area contributed by atoms with E-state index in [0.29, 0.717) is 5.92 Å². The summed E-state index contributed by atoms with van der Waals surface area (Å²) in [7, 11) is 0. The summed E-state index contributed by atoms with van der Waals surface area (Å²) >= 11 is 0. The Labute approximate surface area is 103 Å². The molecule has 0 bridgehead atoms. The lowest BCUT2D eigenvalue weighted by molar-refractivity contribution is 0.461. The Morgan fingerprint density at radius 1 is 1.29 bits per heavy atom. The molecule has 0 amide bonds. The van der Waals surface area contributed by atoms with E-state index in [1.807, 2.05) is 12.3 Å². The molecule has 0 spiro atoms. The number of nitrogens with zero attached hydrogens (tertiary/aromatic N) is 1. The third-order valence-electron chi connectivity index (χ3n) is 3.41.